The summed E-state index contributed by atoms with van der Waals surface area (Å²) in [5.41, 5.74) is 0.582. The molecular weight excluding hydrogens is 338 g/mol. The van der Waals surface area contributed by atoms with E-state index in [2.05, 4.69) is 15.9 Å². The van der Waals surface area contributed by atoms with Crippen molar-refractivity contribution in [3.63, 3.8) is 0 Å². The number of esters is 1. The number of carbonyl (C=O) groups is 2. The predicted molar refractivity (Wildman–Crippen MR) is 83.2 cm³/mol. The molecule has 0 aliphatic carbocycles. The molecule has 5 nitrogen and oxygen atoms in total. The zero-order chi connectivity index (χ0) is 15.7. The molecule has 0 heterocycles. The van der Waals surface area contributed by atoms with Crippen LogP contribution in [-0.4, -0.2) is 50.2 Å². The van der Waals surface area contributed by atoms with E-state index in [1.54, 1.807) is 31.1 Å². The number of methoxy groups -OCH3 is 1. The van der Waals surface area contributed by atoms with E-state index >= 15 is 0 Å². The lowest BCUT2D eigenvalue weighted by atomic mass is 10.2. The van der Waals surface area contributed by atoms with Gasteiger partial charge in [0.15, 0.2) is 0 Å². The molecule has 0 saturated heterocycles. The Hall–Kier alpha value is -1.40. The van der Waals surface area contributed by atoms with Gasteiger partial charge in [0.2, 0.25) is 0 Å². The summed E-state index contributed by atoms with van der Waals surface area (Å²) in [6.07, 6.45) is 0.180. The molecule has 116 valence electrons. The fraction of sp³-hybridized carbons (Fsp3) is 0.467. The van der Waals surface area contributed by atoms with Crippen LogP contribution in [0.15, 0.2) is 28.7 Å². The standard InChI is InChI=1S/C15H20BrNO4/c1-3-21-14(18)8-9-17(10-11-20-2)15(19)12-4-6-13(16)7-5-12/h4-7H,3,8-11H2,1-2H3. The highest BCUT2D eigenvalue weighted by atomic mass is 79.9. The number of hydrogen-bond donors (Lipinski definition) is 0. The summed E-state index contributed by atoms with van der Waals surface area (Å²) in [4.78, 5) is 25.5. The summed E-state index contributed by atoms with van der Waals surface area (Å²) >= 11 is 3.33. The molecule has 0 N–H and O–H groups in total. The molecule has 0 aliphatic heterocycles. The molecule has 0 radical (unpaired) electrons. The third-order valence-electron chi connectivity index (χ3n) is 2.83. The summed E-state index contributed by atoms with van der Waals surface area (Å²) in [5, 5.41) is 0. The van der Waals surface area contributed by atoms with Gasteiger partial charge in [-0.3, -0.25) is 9.59 Å². The summed E-state index contributed by atoms with van der Waals surface area (Å²) in [6.45, 7) is 3.28. The van der Waals surface area contributed by atoms with Gasteiger partial charge in [-0.05, 0) is 31.2 Å². The summed E-state index contributed by atoms with van der Waals surface area (Å²) in [6, 6.07) is 7.12. The molecule has 0 bridgehead atoms. The number of nitrogens with zero attached hydrogens (tertiary/aromatic N) is 1. The first-order valence-corrected chi connectivity index (χ1v) is 7.57. The molecule has 1 aromatic rings. The van der Waals surface area contributed by atoms with Gasteiger partial charge in [-0.25, -0.2) is 0 Å². The van der Waals surface area contributed by atoms with Crippen molar-refractivity contribution in [2.24, 2.45) is 0 Å². The molecule has 0 atom stereocenters. The third kappa shape index (κ3) is 6.27. The lowest BCUT2D eigenvalue weighted by Gasteiger charge is -2.22. The van der Waals surface area contributed by atoms with Gasteiger partial charge in [0.25, 0.3) is 5.91 Å². The first-order chi connectivity index (χ1) is 10.1. The molecule has 1 rings (SSSR count). The molecule has 0 aliphatic rings. The maximum absolute atomic E-state index is 12.4. The van der Waals surface area contributed by atoms with Crippen LogP contribution in [-0.2, 0) is 14.3 Å². The highest BCUT2D eigenvalue weighted by Crippen LogP contribution is 2.12. The maximum atomic E-state index is 12.4. The number of benzene rings is 1. The number of rotatable bonds is 8. The molecule has 0 fully saturated rings. The molecule has 1 amide bonds. The van der Waals surface area contributed by atoms with E-state index in [1.807, 2.05) is 12.1 Å². The molecule has 0 aromatic heterocycles. The average Bonchev–Trinajstić information content (AvgIpc) is 2.48. The highest BCUT2D eigenvalue weighted by molar-refractivity contribution is 9.10. The average molecular weight is 358 g/mol. The van der Waals surface area contributed by atoms with Crippen LogP contribution < -0.4 is 0 Å². The molecule has 0 unspecified atom stereocenters. The van der Waals surface area contributed by atoms with Gasteiger partial charge >= 0.3 is 5.97 Å². The van der Waals surface area contributed by atoms with Crippen molar-refractivity contribution in [1.29, 1.82) is 0 Å². The molecule has 0 saturated carbocycles. The summed E-state index contributed by atoms with van der Waals surface area (Å²) in [5.74, 6) is -0.424. The van der Waals surface area contributed by atoms with Crippen molar-refractivity contribution in [3.8, 4) is 0 Å². The van der Waals surface area contributed by atoms with Gasteiger partial charge in [-0.15, -0.1) is 0 Å². The monoisotopic (exact) mass is 357 g/mol. The predicted octanol–water partition coefficient (Wildman–Crippen LogP) is 2.49. The van der Waals surface area contributed by atoms with Gasteiger partial charge in [-0.1, -0.05) is 15.9 Å². The van der Waals surface area contributed by atoms with Crippen molar-refractivity contribution in [2.45, 2.75) is 13.3 Å². The Morgan fingerprint density at radius 2 is 1.86 bits per heavy atom. The quantitative estimate of drug-likeness (QED) is 0.670. The number of halogens is 1. The van der Waals surface area contributed by atoms with Gasteiger partial charge in [0, 0.05) is 30.2 Å². The first-order valence-electron chi connectivity index (χ1n) is 6.78. The third-order valence-corrected chi connectivity index (χ3v) is 3.36. The van der Waals surface area contributed by atoms with Crippen LogP contribution in [0, 0.1) is 0 Å². The molecule has 1 aromatic carbocycles. The smallest absolute Gasteiger partial charge is 0.307 e. The molecular formula is C15H20BrNO4. The Kier molecular flexibility index (Phi) is 8.00. The summed E-state index contributed by atoms with van der Waals surface area (Å²) < 4.78 is 10.8. The van der Waals surface area contributed by atoms with Crippen LogP contribution >= 0.6 is 15.9 Å². The summed E-state index contributed by atoms with van der Waals surface area (Å²) in [7, 11) is 1.58. The van der Waals surface area contributed by atoms with E-state index in [0.29, 0.717) is 31.9 Å². The van der Waals surface area contributed by atoms with Crippen molar-refractivity contribution in [3.05, 3.63) is 34.3 Å². The van der Waals surface area contributed by atoms with Crippen LogP contribution in [0.4, 0.5) is 0 Å². The molecule has 0 spiro atoms. The van der Waals surface area contributed by atoms with E-state index in [-0.39, 0.29) is 18.3 Å². The van der Waals surface area contributed by atoms with Crippen LogP contribution in [0.2, 0.25) is 0 Å². The Bertz CT molecular complexity index is 461. The second-order valence-corrected chi connectivity index (χ2v) is 5.26. The van der Waals surface area contributed by atoms with E-state index in [0.717, 1.165) is 4.47 Å². The second-order valence-electron chi connectivity index (χ2n) is 4.35. The van der Waals surface area contributed by atoms with Crippen LogP contribution in [0.25, 0.3) is 0 Å². The van der Waals surface area contributed by atoms with Crippen molar-refractivity contribution >= 4 is 27.8 Å². The van der Waals surface area contributed by atoms with E-state index in [1.165, 1.54) is 0 Å². The largest absolute Gasteiger partial charge is 0.466 e. The van der Waals surface area contributed by atoms with Crippen molar-refractivity contribution < 1.29 is 19.1 Å². The lowest BCUT2D eigenvalue weighted by Crippen LogP contribution is -2.35. The Morgan fingerprint density at radius 1 is 1.19 bits per heavy atom. The lowest BCUT2D eigenvalue weighted by molar-refractivity contribution is -0.143. The van der Waals surface area contributed by atoms with Gasteiger partial charge < -0.3 is 14.4 Å². The van der Waals surface area contributed by atoms with Gasteiger partial charge in [-0.2, -0.15) is 0 Å². The van der Waals surface area contributed by atoms with Crippen LogP contribution in [0.5, 0.6) is 0 Å². The van der Waals surface area contributed by atoms with Crippen LogP contribution in [0.3, 0.4) is 0 Å². The zero-order valence-corrected chi connectivity index (χ0v) is 13.9. The first kappa shape index (κ1) is 17.7. The number of ether oxygens (including phenoxy) is 2. The van der Waals surface area contributed by atoms with E-state index in [9.17, 15) is 9.59 Å². The normalized spacial score (nSPS) is 10.2. The fourth-order valence-electron chi connectivity index (χ4n) is 1.75. The Labute approximate surface area is 133 Å². The minimum Gasteiger partial charge on any atom is -0.466 e. The Balaban J connectivity index is 2.69. The van der Waals surface area contributed by atoms with Crippen molar-refractivity contribution in [2.75, 3.05) is 33.4 Å². The fourth-order valence-corrected chi connectivity index (χ4v) is 2.02. The van der Waals surface area contributed by atoms with Crippen LogP contribution in [0.1, 0.15) is 23.7 Å². The topological polar surface area (TPSA) is 55.8 Å². The minimum absolute atomic E-state index is 0.121. The second kappa shape index (κ2) is 9.52. The minimum atomic E-state index is -0.302. The maximum Gasteiger partial charge on any atom is 0.307 e. The number of carbonyl (C=O) groups excluding carboxylic acids is 2. The highest BCUT2D eigenvalue weighted by Gasteiger charge is 2.17. The molecule has 6 heteroatoms. The number of amides is 1. The van der Waals surface area contributed by atoms with Gasteiger partial charge in [0.1, 0.15) is 0 Å². The number of hydrogen-bond acceptors (Lipinski definition) is 4. The zero-order valence-electron chi connectivity index (χ0n) is 12.3. The Morgan fingerprint density at radius 3 is 2.43 bits per heavy atom. The van der Waals surface area contributed by atoms with E-state index < -0.39 is 0 Å². The molecule has 21 heavy (non-hydrogen) atoms. The van der Waals surface area contributed by atoms with Gasteiger partial charge in [0.05, 0.1) is 19.6 Å². The SMILES string of the molecule is CCOC(=O)CCN(CCOC)C(=O)c1ccc(Br)cc1. The van der Waals surface area contributed by atoms with E-state index in [4.69, 9.17) is 9.47 Å². The van der Waals surface area contributed by atoms with Crippen molar-refractivity contribution in [1.82, 2.24) is 4.90 Å².